The number of aromatic nitrogens is 5. The molecule has 1 fully saturated rings. The third-order valence-corrected chi connectivity index (χ3v) is 6.78. The number of carbonyl (C=O) groups is 1. The number of fused-ring (bicyclic) bond motifs is 1. The molecule has 0 aliphatic carbocycles. The van der Waals surface area contributed by atoms with Gasteiger partial charge in [0.1, 0.15) is 6.04 Å². The van der Waals surface area contributed by atoms with Gasteiger partial charge in [-0.2, -0.15) is 5.10 Å². The van der Waals surface area contributed by atoms with Crippen LogP contribution in [0, 0.1) is 6.92 Å². The van der Waals surface area contributed by atoms with Gasteiger partial charge in [0.15, 0.2) is 18.6 Å². The minimum absolute atomic E-state index is 0.0258. The molecule has 3 heterocycles. The number of aryl methyl sites for hydroxylation is 2. The van der Waals surface area contributed by atoms with E-state index in [1.807, 2.05) is 86.9 Å². The maximum Gasteiger partial charge on any atom is 0.244 e. The van der Waals surface area contributed by atoms with E-state index in [1.165, 1.54) is 0 Å². The number of hydroxylamine groups is 3. The van der Waals surface area contributed by atoms with E-state index < -0.39 is 6.04 Å². The van der Waals surface area contributed by atoms with E-state index in [-0.39, 0.29) is 24.5 Å². The van der Waals surface area contributed by atoms with Crippen LogP contribution in [0.4, 0.5) is 11.4 Å². The fourth-order valence-electron chi connectivity index (χ4n) is 4.65. The van der Waals surface area contributed by atoms with E-state index >= 15 is 0 Å². The minimum atomic E-state index is -0.653. The number of halogens is 1. The van der Waals surface area contributed by atoms with E-state index in [0.29, 0.717) is 12.1 Å². The molecular formula is C28H27ClN8O3. The molecule has 1 saturated heterocycles. The molecule has 12 heteroatoms. The molecule has 40 heavy (non-hydrogen) atoms. The zero-order valence-electron chi connectivity index (χ0n) is 21.9. The number of hydrogen-bond acceptors (Lipinski definition) is 8. The summed E-state index contributed by atoms with van der Waals surface area (Å²) in [6, 6.07) is 20.7. The minimum Gasteiger partial charge on any atom is -0.325 e. The first-order valence-electron chi connectivity index (χ1n) is 12.7. The van der Waals surface area contributed by atoms with Gasteiger partial charge in [-0.25, -0.2) is 9.75 Å². The molecule has 1 N–H and O–H groups in total. The lowest BCUT2D eigenvalue weighted by Gasteiger charge is -2.38. The summed E-state index contributed by atoms with van der Waals surface area (Å²) in [5.41, 5.74) is 5.03. The van der Waals surface area contributed by atoms with E-state index in [0.717, 1.165) is 33.4 Å². The SMILES string of the molecule is Cc1ccc(-n2cc(Cl)nn2)c(N2CON(C(Cc3ccccc3)C(=O)Nc3ccc4nn(C)cc4c3)CO2)c1. The number of rotatable bonds is 7. The number of amides is 1. The maximum absolute atomic E-state index is 13.6. The van der Waals surface area contributed by atoms with Crippen molar-refractivity contribution in [2.75, 3.05) is 23.8 Å². The molecule has 1 unspecified atom stereocenters. The summed E-state index contributed by atoms with van der Waals surface area (Å²) >= 11 is 6.00. The van der Waals surface area contributed by atoms with Crippen LogP contribution in [-0.4, -0.2) is 55.2 Å². The van der Waals surface area contributed by atoms with Crippen LogP contribution >= 0.6 is 11.6 Å². The van der Waals surface area contributed by atoms with E-state index in [9.17, 15) is 4.79 Å². The molecule has 3 aromatic carbocycles. The number of hydrogen-bond donors (Lipinski definition) is 1. The van der Waals surface area contributed by atoms with Crippen LogP contribution in [0.1, 0.15) is 11.1 Å². The predicted molar refractivity (Wildman–Crippen MR) is 151 cm³/mol. The Morgan fingerprint density at radius 3 is 2.62 bits per heavy atom. The van der Waals surface area contributed by atoms with E-state index in [4.69, 9.17) is 21.3 Å². The molecule has 0 spiro atoms. The Bertz CT molecular complexity index is 1650. The molecule has 204 valence electrons. The average molecular weight is 559 g/mol. The van der Waals surface area contributed by atoms with Crippen LogP contribution in [-0.2, 0) is 27.9 Å². The fourth-order valence-corrected chi connectivity index (χ4v) is 4.78. The summed E-state index contributed by atoms with van der Waals surface area (Å²) in [5, 5.41) is 19.8. The van der Waals surface area contributed by atoms with Crippen molar-refractivity contribution >= 4 is 39.8 Å². The monoisotopic (exact) mass is 558 g/mol. The molecule has 0 radical (unpaired) electrons. The first kappa shape index (κ1) is 26.0. The highest BCUT2D eigenvalue weighted by atomic mass is 35.5. The number of benzene rings is 3. The largest absolute Gasteiger partial charge is 0.325 e. The Morgan fingerprint density at radius 1 is 1.02 bits per heavy atom. The van der Waals surface area contributed by atoms with Gasteiger partial charge in [-0.05, 0) is 54.8 Å². The average Bonchev–Trinajstić information content (AvgIpc) is 3.56. The first-order valence-corrected chi connectivity index (χ1v) is 13.1. The second-order valence-electron chi connectivity index (χ2n) is 9.56. The van der Waals surface area contributed by atoms with Crippen LogP contribution in [0.15, 0.2) is 79.1 Å². The summed E-state index contributed by atoms with van der Waals surface area (Å²) in [6.45, 7) is 2.07. The van der Waals surface area contributed by atoms with Crippen molar-refractivity contribution in [1.29, 1.82) is 0 Å². The fraction of sp³-hybridized carbons (Fsp3) is 0.214. The Balaban J connectivity index is 1.22. The van der Waals surface area contributed by atoms with Crippen LogP contribution in [0.5, 0.6) is 0 Å². The van der Waals surface area contributed by atoms with Crippen molar-refractivity contribution in [1.82, 2.24) is 29.8 Å². The zero-order chi connectivity index (χ0) is 27.6. The van der Waals surface area contributed by atoms with Gasteiger partial charge in [-0.3, -0.25) is 19.2 Å². The van der Waals surface area contributed by atoms with Crippen molar-refractivity contribution in [3.8, 4) is 5.69 Å². The van der Waals surface area contributed by atoms with Gasteiger partial charge in [0.25, 0.3) is 0 Å². The van der Waals surface area contributed by atoms with Crippen LogP contribution in [0.2, 0.25) is 5.15 Å². The summed E-state index contributed by atoms with van der Waals surface area (Å²) in [5.74, 6) is -0.211. The van der Waals surface area contributed by atoms with Gasteiger partial charge >= 0.3 is 0 Å². The Morgan fingerprint density at radius 2 is 1.88 bits per heavy atom. The highest BCUT2D eigenvalue weighted by Gasteiger charge is 2.32. The highest BCUT2D eigenvalue weighted by molar-refractivity contribution is 6.29. The smallest absolute Gasteiger partial charge is 0.244 e. The molecule has 1 amide bonds. The lowest BCUT2D eigenvalue weighted by atomic mass is 10.0. The standard InChI is InChI=1S/C28H27ClN8O3/c1-19-8-11-24(35-16-27(29)31-33-35)25(12-19)36-17-40-37(18-39-36)26(13-20-6-4-3-5-7-20)28(38)30-22-9-10-23-21(14-22)15-34(2)32-23/h3-12,14-16,26H,13,17-18H2,1-2H3,(H,30,38). The Labute approximate surface area is 235 Å². The highest BCUT2D eigenvalue weighted by Crippen LogP contribution is 2.29. The molecule has 1 aliphatic rings. The molecule has 11 nitrogen and oxygen atoms in total. The lowest BCUT2D eigenvalue weighted by molar-refractivity contribution is -0.279. The lowest BCUT2D eigenvalue weighted by Crippen LogP contribution is -2.52. The molecule has 5 aromatic rings. The molecule has 0 saturated carbocycles. The molecule has 1 atom stereocenters. The topological polar surface area (TPSA) is 103 Å². The summed E-state index contributed by atoms with van der Waals surface area (Å²) in [6.07, 6.45) is 3.96. The van der Waals surface area contributed by atoms with Gasteiger partial charge < -0.3 is 5.32 Å². The van der Waals surface area contributed by atoms with Crippen molar-refractivity contribution in [2.24, 2.45) is 7.05 Å². The van der Waals surface area contributed by atoms with E-state index in [1.54, 1.807) is 25.7 Å². The zero-order valence-corrected chi connectivity index (χ0v) is 22.7. The number of nitrogens with zero attached hydrogens (tertiary/aromatic N) is 7. The second kappa shape index (κ2) is 11.1. The van der Waals surface area contributed by atoms with Gasteiger partial charge in [0, 0.05) is 24.3 Å². The molecular weight excluding hydrogens is 532 g/mol. The third kappa shape index (κ3) is 5.54. The number of nitrogens with one attached hydrogen (secondary N) is 1. The van der Waals surface area contributed by atoms with Crippen molar-refractivity contribution in [3.63, 3.8) is 0 Å². The Hall–Kier alpha value is -4.29. The number of carbonyl (C=O) groups excluding carboxylic acids is 1. The molecule has 6 rings (SSSR count). The van der Waals surface area contributed by atoms with Crippen molar-refractivity contribution in [3.05, 3.63) is 95.4 Å². The second-order valence-corrected chi connectivity index (χ2v) is 9.95. The van der Waals surface area contributed by atoms with Gasteiger partial charge in [-0.1, -0.05) is 53.2 Å². The maximum atomic E-state index is 13.6. The Kier molecular flexibility index (Phi) is 7.18. The molecule has 1 aliphatic heterocycles. The molecule has 2 aromatic heterocycles. The van der Waals surface area contributed by atoms with Gasteiger partial charge in [-0.15, -0.1) is 10.2 Å². The summed E-state index contributed by atoms with van der Waals surface area (Å²) in [4.78, 5) is 25.9. The predicted octanol–water partition coefficient (Wildman–Crippen LogP) is 4.27. The van der Waals surface area contributed by atoms with Crippen LogP contribution in [0.25, 0.3) is 16.6 Å². The summed E-state index contributed by atoms with van der Waals surface area (Å²) in [7, 11) is 1.87. The number of anilines is 2. The van der Waals surface area contributed by atoms with Crippen LogP contribution in [0.3, 0.4) is 0 Å². The van der Waals surface area contributed by atoms with Crippen molar-refractivity contribution in [2.45, 2.75) is 19.4 Å². The normalized spacial score (nSPS) is 14.9. The van der Waals surface area contributed by atoms with Crippen LogP contribution < -0.4 is 10.4 Å². The van der Waals surface area contributed by atoms with Gasteiger partial charge in [0.2, 0.25) is 5.91 Å². The first-order chi connectivity index (χ1) is 19.4. The quantitative estimate of drug-likeness (QED) is 0.316. The van der Waals surface area contributed by atoms with Gasteiger partial charge in [0.05, 0.1) is 23.1 Å². The third-order valence-electron chi connectivity index (χ3n) is 6.60. The summed E-state index contributed by atoms with van der Waals surface area (Å²) < 4.78 is 3.33. The van der Waals surface area contributed by atoms with E-state index in [2.05, 4.69) is 20.7 Å². The van der Waals surface area contributed by atoms with Crippen molar-refractivity contribution < 1.29 is 14.5 Å². The molecule has 0 bridgehead atoms.